The molecule has 24 heavy (non-hydrogen) atoms. The maximum Gasteiger partial charge on any atom is 0.262 e. The zero-order chi connectivity index (χ0) is 17.5. The molecule has 0 aliphatic carbocycles. The summed E-state index contributed by atoms with van der Waals surface area (Å²) < 4.78 is 15.6. The average Bonchev–Trinajstić information content (AvgIpc) is 2.60. The molecule has 0 saturated heterocycles. The van der Waals surface area contributed by atoms with Crippen LogP contribution in [0.2, 0.25) is 5.02 Å². The molecule has 0 heterocycles. The summed E-state index contributed by atoms with van der Waals surface area (Å²) in [5.41, 5.74) is 0.970. The highest BCUT2D eigenvalue weighted by atomic mass is 35.5. The maximum absolute atomic E-state index is 12.0. The van der Waals surface area contributed by atoms with E-state index in [4.69, 9.17) is 31.1 Å². The summed E-state index contributed by atoms with van der Waals surface area (Å²) >= 11 is 6.00. The molecule has 0 aliphatic rings. The molecular weight excluding hydrogens is 332 g/mol. The minimum atomic E-state index is -0.359. The standard InChI is InChI=1S/C17H15ClN2O4/c1-22-14-6-4-12(8-13(14)18)20-17(21)10-24-15-5-3-11(9-19)7-16(15)23-2/h3-8H,10H2,1-2H3,(H,20,21). The lowest BCUT2D eigenvalue weighted by Crippen LogP contribution is -2.20. The van der Waals surface area contributed by atoms with Crippen LogP contribution >= 0.6 is 11.6 Å². The van der Waals surface area contributed by atoms with Gasteiger partial charge in [0, 0.05) is 11.8 Å². The van der Waals surface area contributed by atoms with Crippen LogP contribution in [-0.2, 0) is 4.79 Å². The second kappa shape index (κ2) is 8.09. The molecule has 0 aliphatic heterocycles. The number of nitrogens with zero attached hydrogens (tertiary/aromatic N) is 1. The second-order valence-electron chi connectivity index (χ2n) is 4.66. The fraction of sp³-hybridized carbons (Fsp3) is 0.176. The summed E-state index contributed by atoms with van der Waals surface area (Å²) in [6.45, 7) is -0.216. The van der Waals surface area contributed by atoms with Gasteiger partial charge < -0.3 is 19.5 Å². The van der Waals surface area contributed by atoms with Crippen LogP contribution in [0.25, 0.3) is 0 Å². The number of carbonyl (C=O) groups excluding carboxylic acids is 1. The number of methoxy groups -OCH3 is 2. The number of anilines is 1. The van der Waals surface area contributed by atoms with Crippen molar-refractivity contribution < 1.29 is 19.0 Å². The van der Waals surface area contributed by atoms with E-state index in [0.29, 0.717) is 33.5 Å². The molecule has 0 saturated carbocycles. The molecule has 0 unspecified atom stereocenters. The summed E-state index contributed by atoms with van der Waals surface area (Å²) in [7, 11) is 2.97. The Hall–Kier alpha value is -2.91. The minimum absolute atomic E-state index is 0.216. The van der Waals surface area contributed by atoms with Crippen molar-refractivity contribution in [2.45, 2.75) is 0 Å². The first kappa shape index (κ1) is 17.4. The molecular formula is C17H15ClN2O4. The molecule has 6 nitrogen and oxygen atoms in total. The van der Waals surface area contributed by atoms with E-state index in [2.05, 4.69) is 5.32 Å². The molecule has 7 heteroatoms. The minimum Gasteiger partial charge on any atom is -0.495 e. The van der Waals surface area contributed by atoms with Crippen LogP contribution in [0.1, 0.15) is 5.56 Å². The third-order valence-corrected chi connectivity index (χ3v) is 3.38. The lowest BCUT2D eigenvalue weighted by atomic mass is 10.2. The van der Waals surface area contributed by atoms with E-state index in [1.807, 2.05) is 6.07 Å². The monoisotopic (exact) mass is 346 g/mol. The predicted molar refractivity (Wildman–Crippen MR) is 89.8 cm³/mol. The number of nitriles is 1. The lowest BCUT2D eigenvalue weighted by Gasteiger charge is -2.11. The average molecular weight is 347 g/mol. The summed E-state index contributed by atoms with van der Waals surface area (Å²) in [4.78, 5) is 12.0. The molecule has 1 N–H and O–H groups in total. The van der Waals surface area contributed by atoms with Gasteiger partial charge in [-0.25, -0.2) is 0 Å². The number of carbonyl (C=O) groups is 1. The SMILES string of the molecule is COc1ccc(NC(=O)COc2ccc(C#N)cc2OC)cc1Cl. The van der Waals surface area contributed by atoms with Gasteiger partial charge in [-0.15, -0.1) is 0 Å². The van der Waals surface area contributed by atoms with Crippen molar-refractivity contribution in [2.24, 2.45) is 0 Å². The van der Waals surface area contributed by atoms with Crippen LogP contribution in [-0.4, -0.2) is 26.7 Å². The molecule has 0 spiro atoms. The Morgan fingerprint density at radius 3 is 2.46 bits per heavy atom. The number of nitrogens with one attached hydrogen (secondary N) is 1. The Labute approximate surface area is 144 Å². The number of hydrogen-bond acceptors (Lipinski definition) is 5. The Balaban J connectivity index is 1.98. The molecule has 2 aromatic rings. The van der Waals surface area contributed by atoms with E-state index in [9.17, 15) is 4.79 Å². The number of hydrogen-bond donors (Lipinski definition) is 1. The van der Waals surface area contributed by atoms with Crippen molar-refractivity contribution >= 4 is 23.2 Å². The first-order chi connectivity index (χ1) is 11.6. The lowest BCUT2D eigenvalue weighted by molar-refractivity contribution is -0.118. The Morgan fingerprint density at radius 1 is 1.12 bits per heavy atom. The third-order valence-electron chi connectivity index (χ3n) is 3.09. The van der Waals surface area contributed by atoms with Crippen LogP contribution < -0.4 is 19.5 Å². The molecule has 1 amide bonds. The van der Waals surface area contributed by atoms with E-state index < -0.39 is 0 Å². The Kier molecular flexibility index (Phi) is 5.88. The molecule has 2 aromatic carbocycles. The molecule has 0 fully saturated rings. The number of halogens is 1. The van der Waals surface area contributed by atoms with Gasteiger partial charge >= 0.3 is 0 Å². The highest BCUT2D eigenvalue weighted by molar-refractivity contribution is 6.32. The van der Waals surface area contributed by atoms with Crippen LogP contribution in [0.4, 0.5) is 5.69 Å². The quantitative estimate of drug-likeness (QED) is 0.868. The smallest absolute Gasteiger partial charge is 0.262 e. The number of amides is 1. The largest absolute Gasteiger partial charge is 0.495 e. The van der Waals surface area contributed by atoms with Crippen LogP contribution in [0.3, 0.4) is 0 Å². The van der Waals surface area contributed by atoms with Gasteiger partial charge in [0.1, 0.15) is 5.75 Å². The van der Waals surface area contributed by atoms with E-state index in [1.54, 1.807) is 30.3 Å². The van der Waals surface area contributed by atoms with Gasteiger partial charge in [0.05, 0.1) is 30.9 Å². The van der Waals surface area contributed by atoms with Crippen LogP contribution in [0.15, 0.2) is 36.4 Å². The molecule has 2 rings (SSSR count). The Morgan fingerprint density at radius 2 is 1.83 bits per heavy atom. The normalized spacial score (nSPS) is 9.75. The third kappa shape index (κ3) is 4.31. The fourth-order valence-electron chi connectivity index (χ4n) is 1.94. The van der Waals surface area contributed by atoms with E-state index in [0.717, 1.165) is 0 Å². The first-order valence-electron chi connectivity index (χ1n) is 6.91. The molecule has 0 atom stereocenters. The highest BCUT2D eigenvalue weighted by Crippen LogP contribution is 2.28. The number of benzene rings is 2. The summed E-state index contributed by atoms with van der Waals surface area (Å²) in [6, 6.07) is 11.6. The van der Waals surface area contributed by atoms with Gasteiger partial charge in [-0.3, -0.25) is 4.79 Å². The van der Waals surface area contributed by atoms with Gasteiger partial charge in [0.2, 0.25) is 0 Å². The first-order valence-corrected chi connectivity index (χ1v) is 7.29. The van der Waals surface area contributed by atoms with Crippen LogP contribution in [0.5, 0.6) is 17.2 Å². The van der Waals surface area contributed by atoms with Gasteiger partial charge in [-0.2, -0.15) is 5.26 Å². The van der Waals surface area contributed by atoms with Crippen LogP contribution in [0, 0.1) is 11.3 Å². The number of rotatable bonds is 6. The molecule has 0 aromatic heterocycles. The van der Waals surface area contributed by atoms with E-state index >= 15 is 0 Å². The highest BCUT2D eigenvalue weighted by Gasteiger charge is 2.10. The van der Waals surface area contributed by atoms with Crippen molar-refractivity contribution in [1.29, 1.82) is 5.26 Å². The van der Waals surface area contributed by atoms with Crippen molar-refractivity contribution in [1.82, 2.24) is 0 Å². The van der Waals surface area contributed by atoms with Gasteiger partial charge in [-0.1, -0.05) is 11.6 Å². The zero-order valence-electron chi connectivity index (χ0n) is 13.1. The summed E-state index contributed by atoms with van der Waals surface area (Å²) in [5.74, 6) is 0.921. The predicted octanol–water partition coefficient (Wildman–Crippen LogP) is 3.25. The van der Waals surface area contributed by atoms with E-state index in [1.165, 1.54) is 20.3 Å². The van der Waals surface area contributed by atoms with Crippen molar-refractivity contribution in [3.63, 3.8) is 0 Å². The fourth-order valence-corrected chi connectivity index (χ4v) is 2.20. The second-order valence-corrected chi connectivity index (χ2v) is 5.07. The van der Waals surface area contributed by atoms with Gasteiger partial charge in [0.25, 0.3) is 5.91 Å². The summed E-state index contributed by atoms with van der Waals surface area (Å²) in [5, 5.41) is 11.9. The molecule has 0 bridgehead atoms. The Bertz CT molecular complexity index is 787. The number of ether oxygens (including phenoxy) is 3. The summed E-state index contributed by atoms with van der Waals surface area (Å²) in [6.07, 6.45) is 0. The van der Waals surface area contributed by atoms with E-state index in [-0.39, 0.29) is 12.5 Å². The topological polar surface area (TPSA) is 80.6 Å². The molecule has 124 valence electrons. The van der Waals surface area contributed by atoms with Gasteiger partial charge in [-0.05, 0) is 30.3 Å². The van der Waals surface area contributed by atoms with Crippen molar-refractivity contribution in [3.8, 4) is 23.3 Å². The van der Waals surface area contributed by atoms with Crippen molar-refractivity contribution in [3.05, 3.63) is 47.0 Å². The van der Waals surface area contributed by atoms with Crippen molar-refractivity contribution in [2.75, 3.05) is 26.1 Å². The maximum atomic E-state index is 12.0. The van der Waals surface area contributed by atoms with Gasteiger partial charge in [0.15, 0.2) is 18.1 Å². The zero-order valence-corrected chi connectivity index (χ0v) is 13.9. The molecule has 0 radical (unpaired) electrons.